The van der Waals surface area contributed by atoms with E-state index >= 15 is 0 Å². The number of pyridine rings is 1. The zero-order valence-corrected chi connectivity index (χ0v) is 23.1. The van der Waals surface area contributed by atoms with Crippen LogP contribution < -0.4 is 9.64 Å². The Morgan fingerprint density at radius 1 is 1.15 bits per heavy atom. The summed E-state index contributed by atoms with van der Waals surface area (Å²) in [6.07, 6.45) is 0. The van der Waals surface area contributed by atoms with Gasteiger partial charge in [0.05, 0.1) is 29.7 Å². The van der Waals surface area contributed by atoms with E-state index < -0.39 is 11.8 Å². The Kier molecular flexibility index (Phi) is 8.49. The third-order valence-corrected chi connectivity index (χ3v) is 7.30. The third-order valence-electron chi connectivity index (χ3n) is 7.06. The van der Waals surface area contributed by atoms with E-state index in [2.05, 4.69) is 21.7 Å². The number of carboxylic acid groups (broad SMARTS) is 1. The smallest absolute Gasteiger partial charge is 0.335 e. The van der Waals surface area contributed by atoms with Gasteiger partial charge in [0.2, 0.25) is 5.88 Å². The number of benzene rings is 2. The lowest BCUT2D eigenvalue weighted by Gasteiger charge is -2.40. The van der Waals surface area contributed by atoms with Crippen LogP contribution in [0.1, 0.15) is 28.7 Å². The number of carboxylic acids is 1. The van der Waals surface area contributed by atoms with Gasteiger partial charge in [-0.15, -0.1) is 0 Å². The zero-order chi connectivity index (χ0) is 28.2. The first kappa shape index (κ1) is 27.8. The van der Waals surface area contributed by atoms with Gasteiger partial charge in [0.15, 0.2) is 0 Å². The molecule has 3 heterocycles. The molecule has 0 saturated carbocycles. The molecule has 210 valence electrons. The molecule has 1 aliphatic rings. The minimum atomic E-state index is -0.965. The van der Waals surface area contributed by atoms with Gasteiger partial charge in [-0.3, -0.25) is 4.90 Å². The minimum absolute atomic E-state index is 0.0564. The van der Waals surface area contributed by atoms with Crippen molar-refractivity contribution in [2.24, 2.45) is 0 Å². The number of fused-ring (bicyclic) bond motifs is 1. The first-order chi connectivity index (χ1) is 19.3. The van der Waals surface area contributed by atoms with Crippen LogP contribution in [0.2, 0.25) is 5.02 Å². The van der Waals surface area contributed by atoms with Crippen molar-refractivity contribution in [3.8, 4) is 5.88 Å². The summed E-state index contributed by atoms with van der Waals surface area (Å²) < 4.78 is 27.3. The molecule has 5 rings (SSSR count). The number of hydrogen-bond donors (Lipinski definition) is 1. The number of imidazole rings is 1. The summed E-state index contributed by atoms with van der Waals surface area (Å²) in [5, 5.41) is 9.79. The summed E-state index contributed by atoms with van der Waals surface area (Å²) in [5.74, 6) is 0.724. The standard InChI is InChI=1S/C29H31ClFN5O4/c1-19-16-34(17-27-32-24-9-7-20(29(37)38)14-25(24)36(27)12-13-39-2)10-11-35(19)26-4-3-5-28(33-26)40-18-21-6-8-22(30)15-23(21)31/h3-9,14-15,19H,10-13,16-18H2,1-2H3,(H,37,38)/t19-/m1/s1. The number of aromatic carboxylic acids is 1. The van der Waals surface area contributed by atoms with Crippen LogP contribution in [0.25, 0.3) is 11.0 Å². The molecule has 0 aliphatic carbocycles. The Balaban J connectivity index is 1.26. The molecule has 2 aromatic carbocycles. The monoisotopic (exact) mass is 567 g/mol. The summed E-state index contributed by atoms with van der Waals surface area (Å²) in [6.45, 7) is 6.25. The number of nitrogens with zero attached hydrogens (tertiary/aromatic N) is 5. The summed E-state index contributed by atoms with van der Waals surface area (Å²) in [6, 6.07) is 15.3. The van der Waals surface area contributed by atoms with Crippen molar-refractivity contribution in [3.05, 3.63) is 82.4 Å². The largest absolute Gasteiger partial charge is 0.478 e. The van der Waals surface area contributed by atoms with E-state index in [0.717, 1.165) is 42.3 Å². The minimum Gasteiger partial charge on any atom is -0.478 e. The SMILES string of the molecule is COCCn1c(CN2CCN(c3cccc(OCc4ccc(Cl)cc4F)n3)[C@H](C)C2)nc2ccc(C(=O)O)cc21. The Labute approximate surface area is 236 Å². The van der Waals surface area contributed by atoms with Gasteiger partial charge in [0.25, 0.3) is 0 Å². The van der Waals surface area contributed by atoms with Gasteiger partial charge in [-0.25, -0.2) is 14.2 Å². The lowest BCUT2D eigenvalue weighted by Crippen LogP contribution is -2.52. The molecule has 0 spiro atoms. The Hall–Kier alpha value is -3.73. The van der Waals surface area contributed by atoms with Crippen molar-refractivity contribution in [1.82, 2.24) is 19.4 Å². The molecular formula is C29H31ClFN5O4. The van der Waals surface area contributed by atoms with Gasteiger partial charge in [-0.05, 0) is 43.3 Å². The van der Waals surface area contributed by atoms with Gasteiger partial charge in [0, 0.05) is 56.0 Å². The number of halogens is 2. The first-order valence-corrected chi connectivity index (χ1v) is 13.4. The average Bonchev–Trinajstić information content (AvgIpc) is 3.27. The van der Waals surface area contributed by atoms with Crippen LogP contribution in [0.15, 0.2) is 54.6 Å². The number of piperazine rings is 1. The molecule has 1 atom stereocenters. The van der Waals surface area contributed by atoms with Crippen molar-refractivity contribution in [2.75, 3.05) is 38.3 Å². The highest BCUT2D eigenvalue weighted by molar-refractivity contribution is 6.30. The number of ether oxygens (including phenoxy) is 2. The van der Waals surface area contributed by atoms with Crippen molar-refractivity contribution in [2.45, 2.75) is 32.7 Å². The lowest BCUT2D eigenvalue weighted by atomic mass is 10.2. The van der Waals surface area contributed by atoms with Gasteiger partial charge in [0.1, 0.15) is 24.1 Å². The number of anilines is 1. The number of methoxy groups -OCH3 is 1. The van der Waals surface area contributed by atoms with Crippen molar-refractivity contribution < 1.29 is 23.8 Å². The van der Waals surface area contributed by atoms with E-state index in [4.69, 9.17) is 26.1 Å². The highest BCUT2D eigenvalue weighted by Gasteiger charge is 2.26. The first-order valence-electron chi connectivity index (χ1n) is 13.1. The molecule has 40 heavy (non-hydrogen) atoms. The Morgan fingerprint density at radius 3 is 2.75 bits per heavy atom. The number of aromatic nitrogens is 3. The van der Waals surface area contributed by atoms with Gasteiger partial charge < -0.3 is 24.0 Å². The van der Waals surface area contributed by atoms with E-state index in [1.54, 1.807) is 43.5 Å². The quantitative estimate of drug-likeness (QED) is 0.290. The van der Waals surface area contributed by atoms with Gasteiger partial charge >= 0.3 is 5.97 Å². The van der Waals surface area contributed by atoms with Crippen LogP contribution in [0.5, 0.6) is 5.88 Å². The summed E-state index contributed by atoms with van der Waals surface area (Å²) >= 11 is 5.84. The van der Waals surface area contributed by atoms with Crippen LogP contribution in [-0.4, -0.2) is 69.9 Å². The maximum Gasteiger partial charge on any atom is 0.335 e. The molecule has 9 nitrogen and oxygen atoms in total. The number of rotatable bonds is 10. The molecule has 2 aromatic heterocycles. The molecule has 0 unspecified atom stereocenters. The zero-order valence-electron chi connectivity index (χ0n) is 22.4. The van der Waals surface area contributed by atoms with Crippen molar-refractivity contribution in [3.63, 3.8) is 0 Å². The fourth-order valence-electron chi connectivity index (χ4n) is 5.01. The second kappa shape index (κ2) is 12.2. The van der Waals surface area contributed by atoms with E-state index in [1.807, 2.05) is 16.7 Å². The molecule has 0 bridgehead atoms. The molecule has 1 fully saturated rings. The molecule has 0 amide bonds. The molecule has 4 aromatic rings. The van der Waals surface area contributed by atoms with Crippen LogP contribution in [0.4, 0.5) is 10.2 Å². The molecule has 1 N–H and O–H groups in total. The second-order valence-electron chi connectivity index (χ2n) is 9.82. The highest BCUT2D eigenvalue weighted by Crippen LogP contribution is 2.25. The van der Waals surface area contributed by atoms with Crippen LogP contribution in [-0.2, 0) is 24.4 Å². The lowest BCUT2D eigenvalue weighted by molar-refractivity contribution is 0.0697. The summed E-state index contributed by atoms with van der Waals surface area (Å²) in [4.78, 5) is 25.6. The van der Waals surface area contributed by atoms with Crippen LogP contribution >= 0.6 is 11.6 Å². The predicted molar refractivity (Wildman–Crippen MR) is 151 cm³/mol. The van der Waals surface area contributed by atoms with Crippen LogP contribution in [0.3, 0.4) is 0 Å². The predicted octanol–water partition coefficient (Wildman–Crippen LogP) is 4.86. The topological polar surface area (TPSA) is 93.0 Å². The number of hydrogen-bond acceptors (Lipinski definition) is 7. The highest BCUT2D eigenvalue weighted by atomic mass is 35.5. The summed E-state index contributed by atoms with van der Waals surface area (Å²) in [5.41, 5.74) is 2.20. The number of carbonyl (C=O) groups is 1. The van der Waals surface area contributed by atoms with E-state index in [-0.39, 0.29) is 18.2 Å². The molecule has 1 aliphatic heterocycles. The van der Waals surface area contributed by atoms with E-state index in [1.165, 1.54) is 6.07 Å². The fourth-order valence-corrected chi connectivity index (χ4v) is 5.17. The Bertz CT molecular complexity index is 1510. The van der Waals surface area contributed by atoms with Crippen molar-refractivity contribution in [1.29, 1.82) is 0 Å². The fraction of sp³-hybridized carbons (Fsp3) is 0.345. The molecule has 11 heteroatoms. The van der Waals surface area contributed by atoms with Gasteiger partial charge in [-0.1, -0.05) is 23.7 Å². The maximum absolute atomic E-state index is 14.1. The summed E-state index contributed by atoms with van der Waals surface area (Å²) in [7, 11) is 1.65. The average molecular weight is 568 g/mol. The van der Waals surface area contributed by atoms with Crippen LogP contribution in [0, 0.1) is 5.82 Å². The van der Waals surface area contributed by atoms with Gasteiger partial charge in [-0.2, -0.15) is 4.98 Å². The Morgan fingerprint density at radius 2 is 2.00 bits per heavy atom. The molecular weight excluding hydrogens is 537 g/mol. The normalized spacial score (nSPS) is 16.0. The van der Waals surface area contributed by atoms with E-state index in [0.29, 0.717) is 36.2 Å². The molecule has 0 radical (unpaired) electrons. The maximum atomic E-state index is 14.1. The van der Waals surface area contributed by atoms with E-state index in [9.17, 15) is 14.3 Å². The third kappa shape index (κ3) is 6.19. The molecule has 1 saturated heterocycles. The second-order valence-corrected chi connectivity index (χ2v) is 10.3. The van der Waals surface area contributed by atoms with Crippen molar-refractivity contribution >= 4 is 34.4 Å².